The number of nitrogens with two attached hydrogens (primary N) is 1. The molecule has 3 N–H and O–H groups in total. The number of halogens is 4. The Labute approximate surface area is 121 Å². The largest absolute Gasteiger partial charge is 0.416 e. The van der Waals surface area contributed by atoms with Gasteiger partial charge in [-0.15, -0.1) is 0 Å². The molecule has 1 aliphatic rings. The van der Waals surface area contributed by atoms with E-state index in [9.17, 15) is 13.2 Å². The van der Waals surface area contributed by atoms with Crippen molar-refractivity contribution in [3.05, 3.63) is 28.8 Å². The van der Waals surface area contributed by atoms with Gasteiger partial charge in [0.2, 0.25) is 0 Å². The Kier molecular flexibility index (Phi) is 4.81. The fourth-order valence-corrected chi connectivity index (χ4v) is 3.01. The Morgan fingerprint density at radius 3 is 2.45 bits per heavy atom. The summed E-state index contributed by atoms with van der Waals surface area (Å²) < 4.78 is 38.3. The fourth-order valence-electron chi connectivity index (χ4n) is 2.78. The van der Waals surface area contributed by atoms with Gasteiger partial charge in [-0.2, -0.15) is 13.2 Å². The van der Waals surface area contributed by atoms with Gasteiger partial charge in [-0.25, -0.2) is 0 Å². The maximum absolute atomic E-state index is 12.8. The molecule has 6 heteroatoms. The van der Waals surface area contributed by atoms with Crippen LogP contribution in [-0.4, -0.2) is 12.6 Å². The molecular formula is C14H18ClF3N2. The van der Waals surface area contributed by atoms with E-state index < -0.39 is 11.7 Å². The third-order valence-corrected chi connectivity index (χ3v) is 4.02. The lowest BCUT2D eigenvalue weighted by Gasteiger charge is -2.25. The molecule has 1 aromatic rings. The highest BCUT2D eigenvalue weighted by Crippen LogP contribution is 2.34. The Morgan fingerprint density at radius 1 is 1.25 bits per heavy atom. The minimum absolute atomic E-state index is 0.00273. The summed E-state index contributed by atoms with van der Waals surface area (Å²) in [5, 5.41) is 3.19. The average Bonchev–Trinajstić information content (AvgIpc) is 2.88. The first kappa shape index (κ1) is 15.4. The van der Waals surface area contributed by atoms with Crippen molar-refractivity contribution in [1.29, 1.82) is 0 Å². The Hall–Kier alpha value is -0.940. The predicted molar refractivity (Wildman–Crippen MR) is 74.9 cm³/mol. The van der Waals surface area contributed by atoms with Gasteiger partial charge in [0, 0.05) is 23.3 Å². The van der Waals surface area contributed by atoms with Gasteiger partial charge in [-0.3, -0.25) is 0 Å². The first-order valence-corrected chi connectivity index (χ1v) is 7.12. The van der Waals surface area contributed by atoms with Crippen LogP contribution >= 0.6 is 11.6 Å². The van der Waals surface area contributed by atoms with E-state index in [4.69, 9.17) is 17.3 Å². The van der Waals surface area contributed by atoms with Crippen molar-refractivity contribution in [3.8, 4) is 0 Å². The highest BCUT2D eigenvalue weighted by molar-refractivity contribution is 6.30. The third-order valence-electron chi connectivity index (χ3n) is 3.80. The molecule has 0 aromatic heterocycles. The Bertz CT molecular complexity index is 456. The molecule has 2 rings (SSSR count). The van der Waals surface area contributed by atoms with Crippen LogP contribution in [0.5, 0.6) is 0 Å². The van der Waals surface area contributed by atoms with E-state index in [1.54, 1.807) is 0 Å². The molecule has 20 heavy (non-hydrogen) atoms. The minimum atomic E-state index is -4.40. The van der Waals surface area contributed by atoms with Crippen LogP contribution in [0.4, 0.5) is 18.9 Å². The Morgan fingerprint density at radius 2 is 1.90 bits per heavy atom. The maximum Gasteiger partial charge on any atom is 0.416 e. The van der Waals surface area contributed by atoms with Gasteiger partial charge in [-0.05, 0) is 37.0 Å². The van der Waals surface area contributed by atoms with Crippen LogP contribution in [0.15, 0.2) is 18.2 Å². The van der Waals surface area contributed by atoms with Crippen molar-refractivity contribution in [2.45, 2.75) is 37.9 Å². The molecule has 0 amide bonds. The van der Waals surface area contributed by atoms with Gasteiger partial charge < -0.3 is 11.1 Å². The molecule has 0 saturated heterocycles. The zero-order valence-corrected chi connectivity index (χ0v) is 11.8. The minimum Gasteiger partial charge on any atom is -0.381 e. The highest BCUT2D eigenvalue weighted by Gasteiger charge is 2.31. The number of anilines is 1. The summed E-state index contributed by atoms with van der Waals surface area (Å²) in [5.41, 5.74) is 5.39. The zero-order chi connectivity index (χ0) is 14.8. The van der Waals surface area contributed by atoms with Gasteiger partial charge in [0.15, 0.2) is 0 Å². The summed E-state index contributed by atoms with van der Waals surface area (Å²) in [4.78, 5) is 0. The molecule has 0 heterocycles. The smallest absolute Gasteiger partial charge is 0.381 e. The first-order chi connectivity index (χ1) is 9.40. The number of hydrogen-bond donors (Lipinski definition) is 2. The molecule has 0 aliphatic heterocycles. The molecule has 0 bridgehead atoms. The lowest BCUT2D eigenvalue weighted by Crippen LogP contribution is -2.35. The average molecular weight is 307 g/mol. The molecule has 1 aromatic carbocycles. The summed E-state index contributed by atoms with van der Waals surface area (Å²) in [7, 11) is 0. The second kappa shape index (κ2) is 6.22. The van der Waals surface area contributed by atoms with E-state index in [2.05, 4.69) is 5.32 Å². The summed E-state index contributed by atoms with van der Waals surface area (Å²) in [5.74, 6) is 0.424. The van der Waals surface area contributed by atoms with E-state index in [0.29, 0.717) is 18.2 Å². The van der Waals surface area contributed by atoms with Crippen LogP contribution in [0.3, 0.4) is 0 Å². The van der Waals surface area contributed by atoms with Crippen molar-refractivity contribution in [3.63, 3.8) is 0 Å². The van der Waals surface area contributed by atoms with Crippen molar-refractivity contribution in [1.82, 2.24) is 0 Å². The van der Waals surface area contributed by atoms with Crippen molar-refractivity contribution in [2.24, 2.45) is 11.7 Å². The van der Waals surface area contributed by atoms with Crippen LogP contribution in [0.2, 0.25) is 5.02 Å². The number of nitrogens with one attached hydrogen (secondary N) is 1. The van der Waals surface area contributed by atoms with Crippen molar-refractivity contribution < 1.29 is 13.2 Å². The summed E-state index contributed by atoms with van der Waals surface area (Å²) in [6, 6.07) is 3.52. The first-order valence-electron chi connectivity index (χ1n) is 6.74. The summed E-state index contributed by atoms with van der Waals surface area (Å²) in [6.45, 7) is 0.401. The molecule has 1 unspecified atom stereocenters. The van der Waals surface area contributed by atoms with E-state index in [-0.39, 0.29) is 11.1 Å². The van der Waals surface area contributed by atoms with Gasteiger partial charge in [-0.1, -0.05) is 24.4 Å². The molecule has 112 valence electrons. The SMILES string of the molecule is NCC(Nc1cc(Cl)cc(C(F)(F)F)c1)C1CCCC1. The van der Waals surface area contributed by atoms with Crippen LogP contribution in [0, 0.1) is 5.92 Å². The predicted octanol–water partition coefficient (Wildman–Crippen LogP) is 4.29. The van der Waals surface area contributed by atoms with Crippen molar-refractivity contribution in [2.75, 3.05) is 11.9 Å². The topological polar surface area (TPSA) is 38.0 Å². The zero-order valence-electron chi connectivity index (χ0n) is 11.0. The quantitative estimate of drug-likeness (QED) is 0.871. The third kappa shape index (κ3) is 3.79. The lowest BCUT2D eigenvalue weighted by atomic mass is 9.98. The molecular weight excluding hydrogens is 289 g/mol. The van der Waals surface area contributed by atoms with E-state index in [1.165, 1.54) is 6.07 Å². The second-order valence-corrected chi connectivity index (χ2v) is 5.69. The number of hydrogen-bond acceptors (Lipinski definition) is 2. The maximum atomic E-state index is 12.8. The number of benzene rings is 1. The molecule has 1 aliphatic carbocycles. The van der Waals surface area contributed by atoms with E-state index in [1.807, 2.05) is 0 Å². The molecule has 0 radical (unpaired) electrons. The molecule has 1 saturated carbocycles. The van der Waals surface area contributed by atoms with Crippen molar-refractivity contribution >= 4 is 17.3 Å². The van der Waals surface area contributed by atoms with Gasteiger partial charge in [0.25, 0.3) is 0 Å². The van der Waals surface area contributed by atoms with E-state index >= 15 is 0 Å². The monoisotopic (exact) mass is 306 g/mol. The van der Waals surface area contributed by atoms with Crippen LogP contribution in [0.1, 0.15) is 31.2 Å². The van der Waals surface area contributed by atoms with E-state index in [0.717, 1.165) is 37.8 Å². The second-order valence-electron chi connectivity index (χ2n) is 5.26. The summed E-state index contributed by atoms with van der Waals surface area (Å²) >= 11 is 5.77. The van der Waals surface area contributed by atoms with Gasteiger partial charge in [0.05, 0.1) is 5.56 Å². The number of alkyl halides is 3. The molecule has 1 fully saturated rings. The molecule has 1 atom stereocenters. The van der Waals surface area contributed by atoms with Gasteiger partial charge >= 0.3 is 6.18 Å². The highest BCUT2D eigenvalue weighted by atomic mass is 35.5. The molecule has 2 nitrogen and oxygen atoms in total. The lowest BCUT2D eigenvalue weighted by molar-refractivity contribution is -0.137. The summed E-state index contributed by atoms with van der Waals surface area (Å²) in [6.07, 6.45) is 0.0639. The fraction of sp³-hybridized carbons (Fsp3) is 0.571. The van der Waals surface area contributed by atoms with Crippen LogP contribution < -0.4 is 11.1 Å². The van der Waals surface area contributed by atoms with Crippen LogP contribution in [-0.2, 0) is 6.18 Å². The van der Waals surface area contributed by atoms with Gasteiger partial charge in [0.1, 0.15) is 0 Å². The number of rotatable bonds is 4. The van der Waals surface area contributed by atoms with Crippen LogP contribution in [0.25, 0.3) is 0 Å². The molecule has 0 spiro atoms. The Balaban J connectivity index is 2.17. The standard InChI is InChI=1S/C14H18ClF3N2/c15-11-5-10(14(16,17)18)6-12(7-11)20-13(8-19)9-3-1-2-4-9/h5-7,9,13,20H,1-4,8,19H2. The normalized spacial score (nSPS) is 18.2.